The van der Waals surface area contributed by atoms with Crippen molar-refractivity contribution in [1.29, 1.82) is 0 Å². The summed E-state index contributed by atoms with van der Waals surface area (Å²) in [7, 11) is 0. The molecule has 3 rings (SSSR count). The minimum Gasteiger partial charge on any atom is -0.280 e. The minimum atomic E-state index is -0.114. The van der Waals surface area contributed by atoms with Crippen LogP contribution in [-0.4, -0.2) is 9.55 Å². The zero-order valence-corrected chi connectivity index (χ0v) is 15.7. The van der Waals surface area contributed by atoms with Crippen LogP contribution < -0.4 is 5.56 Å². The maximum atomic E-state index is 12.7. The number of hydrogen-bond donors (Lipinski definition) is 0. The van der Waals surface area contributed by atoms with E-state index in [2.05, 4.69) is 31.0 Å². The van der Waals surface area contributed by atoms with E-state index in [0.29, 0.717) is 21.7 Å². The first-order chi connectivity index (χ1) is 12.1. The molecule has 0 radical (unpaired) electrons. The van der Waals surface area contributed by atoms with Crippen molar-refractivity contribution < 1.29 is 0 Å². The van der Waals surface area contributed by atoms with Gasteiger partial charge in [-0.05, 0) is 35.2 Å². The second-order valence-corrected chi connectivity index (χ2v) is 7.41. The van der Waals surface area contributed by atoms with Crippen LogP contribution in [-0.2, 0) is 5.75 Å². The molecule has 5 heteroatoms. The van der Waals surface area contributed by atoms with Crippen LogP contribution in [0, 0.1) is 0 Å². The second-order valence-electron chi connectivity index (χ2n) is 6.03. The summed E-state index contributed by atoms with van der Waals surface area (Å²) in [4.78, 5) is 17.0. The number of hydrogen-bond acceptors (Lipinski definition) is 3. The Hall–Kier alpha value is -2.04. The average molecular weight is 371 g/mol. The molecule has 0 N–H and O–H groups in total. The Bertz CT molecular complexity index is 919. The van der Waals surface area contributed by atoms with E-state index in [1.807, 2.05) is 36.4 Å². The molecule has 0 aliphatic rings. The van der Waals surface area contributed by atoms with Crippen LogP contribution in [0.3, 0.4) is 0 Å². The predicted molar refractivity (Wildman–Crippen MR) is 105 cm³/mol. The fourth-order valence-corrected chi connectivity index (χ4v) is 3.66. The van der Waals surface area contributed by atoms with Crippen LogP contribution in [0.15, 0.2) is 70.7 Å². The Morgan fingerprint density at radius 2 is 1.84 bits per heavy atom. The first-order valence-electron chi connectivity index (χ1n) is 8.10. The van der Waals surface area contributed by atoms with Crippen molar-refractivity contribution in [1.82, 2.24) is 9.55 Å². The van der Waals surface area contributed by atoms with Crippen LogP contribution in [0.1, 0.15) is 30.9 Å². The summed E-state index contributed by atoms with van der Waals surface area (Å²) in [5.41, 5.74) is 2.97. The molecule has 0 unspecified atom stereocenters. The van der Waals surface area contributed by atoms with Crippen molar-refractivity contribution in [2.24, 2.45) is 0 Å². The molecule has 25 heavy (non-hydrogen) atoms. The lowest BCUT2D eigenvalue weighted by atomic mass is 10.0. The monoisotopic (exact) mass is 370 g/mol. The first-order valence-corrected chi connectivity index (χ1v) is 9.47. The van der Waals surface area contributed by atoms with Gasteiger partial charge in [0.2, 0.25) is 0 Å². The maximum absolute atomic E-state index is 12.7. The highest BCUT2D eigenvalue weighted by atomic mass is 35.5. The van der Waals surface area contributed by atoms with Gasteiger partial charge in [-0.2, -0.15) is 0 Å². The Morgan fingerprint density at radius 1 is 1.12 bits per heavy atom. The molecule has 0 aliphatic carbocycles. The number of aromatic nitrogens is 2. The standard InChI is InChI=1S/C20H19ClN2OS/c1-14(2)15-7-9-17(10-8-15)23-12-11-22-19(20(23)24)25-13-16-5-3-4-6-18(16)21/h3-12,14H,13H2,1-2H3. The van der Waals surface area contributed by atoms with Crippen molar-refractivity contribution in [2.45, 2.75) is 30.5 Å². The highest BCUT2D eigenvalue weighted by molar-refractivity contribution is 7.98. The van der Waals surface area contributed by atoms with Crippen molar-refractivity contribution >= 4 is 23.4 Å². The molecule has 0 aliphatic heterocycles. The lowest BCUT2D eigenvalue weighted by Gasteiger charge is -2.10. The van der Waals surface area contributed by atoms with E-state index >= 15 is 0 Å². The van der Waals surface area contributed by atoms with Crippen molar-refractivity contribution in [3.8, 4) is 5.69 Å². The second kappa shape index (κ2) is 7.89. The number of thioether (sulfide) groups is 1. The van der Waals surface area contributed by atoms with E-state index in [9.17, 15) is 4.79 Å². The van der Waals surface area contributed by atoms with Crippen LogP contribution in [0.5, 0.6) is 0 Å². The smallest absolute Gasteiger partial charge is 0.280 e. The third kappa shape index (κ3) is 4.14. The molecule has 0 spiro atoms. The number of nitrogens with zero attached hydrogens (tertiary/aromatic N) is 2. The Labute approximate surface area is 156 Å². The lowest BCUT2D eigenvalue weighted by Crippen LogP contribution is -2.20. The molecular weight excluding hydrogens is 352 g/mol. The molecule has 3 aromatic rings. The van der Waals surface area contributed by atoms with Gasteiger partial charge < -0.3 is 0 Å². The lowest BCUT2D eigenvalue weighted by molar-refractivity contribution is 0.857. The molecule has 3 nitrogen and oxygen atoms in total. The van der Waals surface area contributed by atoms with E-state index in [1.54, 1.807) is 17.0 Å². The third-order valence-corrected chi connectivity index (χ3v) is 5.35. The quantitative estimate of drug-likeness (QED) is 0.571. The zero-order chi connectivity index (χ0) is 17.8. The van der Waals surface area contributed by atoms with Gasteiger partial charge in [0, 0.05) is 28.9 Å². The molecule has 128 valence electrons. The van der Waals surface area contributed by atoms with Gasteiger partial charge >= 0.3 is 0 Å². The van der Waals surface area contributed by atoms with Crippen LogP contribution >= 0.6 is 23.4 Å². The zero-order valence-electron chi connectivity index (χ0n) is 14.1. The molecule has 1 heterocycles. The summed E-state index contributed by atoms with van der Waals surface area (Å²) >= 11 is 7.58. The Kier molecular flexibility index (Phi) is 5.61. The minimum absolute atomic E-state index is 0.114. The SMILES string of the molecule is CC(C)c1ccc(-n2ccnc(SCc3ccccc3Cl)c2=O)cc1. The molecule has 0 saturated heterocycles. The van der Waals surface area contributed by atoms with Gasteiger partial charge in [0.1, 0.15) is 0 Å². The molecule has 0 bridgehead atoms. The van der Waals surface area contributed by atoms with Crippen LogP contribution in [0.25, 0.3) is 5.69 Å². The molecule has 1 aromatic heterocycles. The van der Waals surface area contributed by atoms with Gasteiger partial charge in [-0.15, -0.1) is 0 Å². The van der Waals surface area contributed by atoms with E-state index in [-0.39, 0.29) is 5.56 Å². The fraction of sp³-hybridized carbons (Fsp3) is 0.200. The van der Waals surface area contributed by atoms with E-state index in [4.69, 9.17) is 11.6 Å². The molecular formula is C20H19ClN2OS. The Balaban J connectivity index is 1.85. The highest BCUT2D eigenvalue weighted by Gasteiger charge is 2.09. The summed E-state index contributed by atoms with van der Waals surface area (Å²) < 4.78 is 1.63. The van der Waals surface area contributed by atoms with Gasteiger partial charge in [0.25, 0.3) is 5.56 Å². The highest BCUT2D eigenvalue weighted by Crippen LogP contribution is 2.24. The van der Waals surface area contributed by atoms with Crippen molar-refractivity contribution in [2.75, 3.05) is 0 Å². The molecule has 0 fully saturated rings. The molecule has 0 atom stereocenters. The molecule has 0 saturated carbocycles. The summed E-state index contributed by atoms with van der Waals surface area (Å²) in [6, 6.07) is 15.7. The van der Waals surface area contributed by atoms with Gasteiger partial charge in [-0.1, -0.05) is 67.5 Å². The molecule has 0 amide bonds. The van der Waals surface area contributed by atoms with E-state index in [1.165, 1.54) is 17.3 Å². The topological polar surface area (TPSA) is 34.9 Å². The third-order valence-electron chi connectivity index (χ3n) is 3.97. The maximum Gasteiger partial charge on any atom is 0.287 e. The number of halogens is 1. The summed E-state index contributed by atoms with van der Waals surface area (Å²) in [6.07, 6.45) is 3.36. The largest absolute Gasteiger partial charge is 0.287 e. The van der Waals surface area contributed by atoms with Gasteiger partial charge in [-0.25, -0.2) is 4.98 Å². The summed E-state index contributed by atoms with van der Waals surface area (Å²) in [5, 5.41) is 1.17. The fourth-order valence-electron chi connectivity index (χ4n) is 2.48. The Morgan fingerprint density at radius 3 is 2.52 bits per heavy atom. The predicted octanol–water partition coefficient (Wildman–Crippen LogP) is 5.30. The summed E-state index contributed by atoms with van der Waals surface area (Å²) in [6.45, 7) is 4.30. The van der Waals surface area contributed by atoms with Crippen molar-refractivity contribution in [3.63, 3.8) is 0 Å². The normalized spacial score (nSPS) is 11.0. The summed E-state index contributed by atoms with van der Waals surface area (Å²) in [5.74, 6) is 1.07. The van der Waals surface area contributed by atoms with Crippen LogP contribution in [0.2, 0.25) is 5.02 Å². The van der Waals surface area contributed by atoms with Gasteiger partial charge in [0.05, 0.1) is 0 Å². The van der Waals surface area contributed by atoms with E-state index in [0.717, 1.165) is 11.3 Å². The van der Waals surface area contributed by atoms with Gasteiger partial charge in [0.15, 0.2) is 5.03 Å². The number of benzene rings is 2. The van der Waals surface area contributed by atoms with Crippen molar-refractivity contribution in [3.05, 3.63) is 87.4 Å². The van der Waals surface area contributed by atoms with E-state index < -0.39 is 0 Å². The van der Waals surface area contributed by atoms with Crippen LogP contribution in [0.4, 0.5) is 0 Å². The average Bonchev–Trinajstić information content (AvgIpc) is 2.62. The molecule has 2 aromatic carbocycles. The number of rotatable bonds is 5. The first kappa shape index (κ1) is 17.8. The van der Waals surface area contributed by atoms with Gasteiger partial charge in [-0.3, -0.25) is 9.36 Å².